The second kappa shape index (κ2) is 10.2. The van der Waals surface area contributed by atoms with E-state index in [1.165, 1.54) is 56.6 Å². The first-order chi connectivity index (χ1) is 15.1. The highest BCUT2D eigenvalue weighted by Crippen LogP contribution is 2.26. The van der Waals surface area contributed by atoms with Crippen LogP contribution in [-0.2, 0) is 14.8 Å². The van der Waals surface area contributed by atoms with Crippen molar-refractivity contribution in [2.24, 2.45) is 0 Å². The van der Waals surface area contributed by atoms with Crippen molar-refractivity contribution < 1.29 is 22.4 Å². The molecular weight excluding hydrogens is 477 g/mol. The van der Waals surface area contributed by atoms with Crippen LogP contribution in [0.15, 0.2) is 57.8 Å². The van der Waals surface area contributed by atoms with E-state index < -0.39 is 21.7 Å². The van der Waals surface area contributed by atoms with Crippen molar-refractivity contribution in [1.82, 2.24) is 14.5 Å². The monoisotopic (exact) mass is 495 g/mol. The van der Waals surface area contributed by atoms with Crippen LogP contribution in [0.3, 0.4) is 0 Å². The Labute approximate surface area is 192 Å². The lowest BCUT2D eigenvalue weighted by molar-refractivity contribution is -0.113. The molecule has 2 N–H and O–H groups in total. The summed E-state index contributed by atoms with van der Waals surface area (Å²) in [5.74, 6) is -1.24. The quantitative estimate of drug-likeness (QED) is 0.364. The summed E-state index contributed by atoms with van der Waals surface area (Å²) in [4.78, 5) is 24.4. The number of halogens is 1. The van der Waals surface area contributed by atoms with E-state index >= 15 is 0 Å². The minimum absolute atomic E-state index is 0.0287. The van der Waals surface area contributed by atoms with Gasteiger partial charge in [0.15, 0.2) is 4.34 Å². The average molecular weight is 496 g/mol. The van der Waals surface area contributed by atoms with Crippen molar-refractivity contribution in [2.75, 3.05) is 30.5 Å². The van der Waals surface area contributed by atoms with Gasteiger partial charge in [-0.3, -0.25) is 14.9 Å². The maximum absolute atomic E-state index is 13.2. The third-order valence-corrected chi connectivity index (χ3v) is 7.76. The molecule has 9 nitrogen and oxygen atoms in total. The Morgan fingerprint density at radius 3 is 2.47 bits per heavy atom. The number of hydrogen-bond acceptors (Lipinski definition) is 8. The van der Waals surface area contributed by atoms with Crippen LogP contribution in [-0.4, -0.2) is 54.6 Å². The van der Waals surface area contributed by atoms with Gasteiger partial charge in [-0.05, 0) is 42.5 Å². The number of rotatable bonds is 8. The summed E-state index contributed by atoms with van der Waals surface area (Å²) < 4.78 is 38.9. The van der Waals surface area contributed by atoms with Crippen molar-refractivity contribution in [3.05, 3.63) is 59.9 Å². The fourth-order valence-electron chi connectivity index (χ4n) is 2.37. The van der Waals surface area contributed by atoms with Crippen molar-refractivity contribution in [2.45, 2.75) is 9.24 Å². The van der Waals surface area contributed by atoms with Crippen LogP contribution < -0.4 is 10.6 Å². The molecule has 0 spiro atoms. The molecule has 0 saturated carbocycles. The number of hydrogen-bond donors (Lipinski definition) is 2. The number of nitrogens with one attached hydrogen (secondary N) is 2. The molecule has 1 aromatic heterocycles. The van der Waals surface area contributed by atoms with Crippen molar-refractivity contribution in [3.8, 4) is 0 Å². The predicted molar refractivity (Wildman–Crippen MR) is 121 cm³/mol. The number of sulfonamides is 1. The topological polar surface area (TPSA) is 121 Å². The van der Waals surface area contributed by atoms with Crippen LogP contribution in [0.2, 0.25) is 0 Å². The average Bonchev–Trinajstić information content (AvgIpc) is 3.19. The molecule has 0 atom stereocenters. The molecule has 168 valence electrons. The van der Waals surface area contributed by atoms with Crippen LogP contribution in [0.4, 0.5) is 15.2 Å². The van der Waals surface area contributed by atoms with Gasteiger partial charge in [-0.25, -0.2) is 17.1 Å². The molecule has 0 saturated heterocycles. The number of anilines is 2. The molecule has 0 fully saturated rings. The molecule has 0 bridgehead atoms. The van der Waals surface area contributed by atoms with Crippen molar-refractivity contribution >= 4 is 55.8 Å². The minimum Gasteiger partial charge on any atom is -0.325 e. The highest BCUT2D eigenvalue weighted by molar-refractivity contribution is 8.01. The molecule has 0 aliphatic carbocycles. The second-order valence-corrected chi connectivity index (χ2v) is 10.8. The van der Waals surface area contributed by atoms with Gasteiger partial charge in [-0.2, -0.15) is 0 Å². The lowest BCUT2D eigenvalue weighted by Crippen LogP contribution is -2.22. The first-order valence-corrected chi connectivity index (χ1v) is 12.2. The normalized spacial score (nSPS) is 11.4. The second-order valence-electron chi connectivity index (χ2n) is 6.49. The largest absolute Gasteiger partial charge is 0.325 e. The van der Waals surface area contributed by atoms with E-state index in [-0.39, 0.29) is 27.3 Å². The summed E-state index contributed by atoms with van der Waals surface area (Å²) in [6.07, 6.45) is 0. The van der Waals surface area contributed by atoms with Gasteiger partial charge in [0.05, 0.1) is 10.6 Å². The number of aromatic nitrogens is 2. The number of thioether (sulfide) groups is 1. The highest BCUT2D eigenvalue weighted by atomic mass is 32.2. The Hall–Kier alpha value is -2.87. The molecular formula is C19H18FN5O4S3. The Balaban J connectivity index is 1.54. The summed E-state index contributed by atoms with van der Waals surface area (Å²) in [6.45, 7) is 0. The van der Waals surface area contributed by atoms with Gasteiger partial charge >= 0.3 is 0 Å². The molecule has 2 aromatic carbocycles. The Bertz CT molecular complexity index is 1230. The molecule has 0 unspecified atom stereocenters. The van der Waals surface area contributed by atoms with E-state index in [9.17, 15) is 22.4 Å². The molecule has 0 radical (unpaired) electrons. The van der Waals surface area contributed by atoms with Gasteiger partial charge < -0.3 is 5.32 Å². The Morgan fingerprint density at radius 1 is 1.09 bits per heavy atom. The third-order valence-electron chi connectivity index (χ3n) is 3.96. The maximum atomic E-state index is 13.2. The lowest BCUT2D eigenvalue weighted by atomic mass is 10.2. The number of amides is 2. The minimum atomic E-state index is -3.58. The number of carbonyl (C=O) groups is 2. The number of nitrogens with zero attached hydrogens (tertiary/aromatic N) is 3. The third kappa shape index (κ3) is 6.09. The van der Waals surface area contributed by atoms with Crippen LogP contribution in [0, 0.1) is 5.82 Å². The van der Waals surface area contributed by atoms with Gasteiger partial charge in [0.2, 0.25) is 21.1 Å². The molecule has 13 heteroatoms. The Morgan fingerprint density at radius 2 is 1.81 bits per heavy atom. The molecule has 1 heterocycles. The van der Waals surface area contributed by atoms with Crippen LogP contribution >= 0.6 is 23.1 Å². The van der Waals surface area contributed by atoms with Crippen LogP contribution in [0.5, 0.6) is 0 Å². The standard InChI is InChI=1S/C19H18FN5O4S3/c1-25(2)32(28,29)15-8-6-12(7-9-15)17(27)22-18-23-24-19(31-18)30-11-16(26)21-14-5-3-4-13(20)10-14/h3-10H,11H2,1-2H3,(H,21,26)(H,22,23,27). The smallest absolute Gasteiger partial charge is 0.257 e. The van der Waals surface area contributed by atoms with Crippen molar-refractivity contribution in [3.63, 3.8) is 0 Å². The molecule has 3 rings (SSSR count). The number of benzene rings is 2. The summed E-state index contributed by atoms with van der Waals surface area (Å²) in [5, 5.41) is 13.2. The number of carbonyl (C=O) groups excluding carboxylic acids is 2. The van der Waals surface area contributed by atoms with Gasteiger partial charge in [0.25, 0.3) is 5.91 Å². The van der Waals surface area contributed by atoms with Gasteiger partial charge in [-0.15, -0.1) is 10.2 Å². The molecule has 3 aromatic rings. The van der Waals surface area contributed by atoms with E-state index in [2.05, 4.69) is 20.8 Å². The molecule has 32 heavy (non-hydrogen) atoms. The summed E-state index contributed by atoms with van der Waals surface area (Å²) >= 11 is 2.20. The first-order valence-electron chi connectivity index (χ1n) is 9.01. The van der Waals surface area contributed by atoms with Crippen LogP contribution in [0.1, 0.15) is 10.4 Å². The first kappa shape index (κ1) is 23.8. The van der Waals surface area contributed by atoms with Gasteiger partial charge in [0, 0.05) is 25.3 Å². The fraction of sp³-hybridized carbons (Fsp3) is 0.158. The predicted octanol–water partition coefficient (Wildman–Crippen LogP) is 2.91. The Kier molecular flexibility index (Phi) is 7.56. The lowest BCUT2D eigenvalue weighted by Gasteiger charge is -2.11. The molecule has 0 aliphatic rings. The summed E-state index contributed by atoms with van der Waals surface area (Å²) in [7, 11) is -0.738. The zero-order chi connectivity index (χ0) is 23.3. The zero-order valence-electron chi connectivity index (χ0n) is 16.9. The van der Waals surface area contributed by atoms with Crippen molar-refractivity contribution in [1.29, 1.82) is 0 Å². The van der Waals surface area contributed by atoms with Crippen LogP contribution in [0.25, 0.3) is 0 Å². The zero-order valence-corrected chi connectivity index (χ0v) is 19.4. The molecule has 2 amide bonds. The van der Waals surface area contributed by atoms with Gasteiger partial charge in [-0.1, -0.05) is 29.2 Å². The fourth-order valence-corrected chi connectivity index (χ4v) is 4.82. The molecule has 0 aliphatic heterocycles. The summed E-state index contributed by atoms with van der Waals surface area (Å²) in [5.41, 5.74) is 0.604. The summed E-state index contributed by atoms with van der Waals surface area (Å²) in [6, 6.07) is 11.1. The van der Waals surface area contributed by atoms with E-state index in [1.54, 1.807) is 6.07 Å². The van der Waals surface area contributed by atoms with E-state index in [4.69, 9.17) is 0 Å². The van der Waals surface area contributed by atoms with E-state index in [1.807, 2.05) is 0 Å². The maximum Gasteiger partial charge on any atom is 0.257 e. The van der Waals surface area contributed by atoms with E-state index in [0.717, 1.165) is 27.4 Å². The van der Waals surface area contributed by atoms with E-state index in [0.29, 0.717) is 10.0 Å². The highest BCUT2D eigenvalue weighted by Gasteiger charge is 2.18. The SMILES string of the molecule is CN(C)S(=O)(=O)c1ccc(C(=O)Nc2nnc(SCC(=O)Nc3cccc(F)c3)s2)cc1. The van der Waals surface area contributed by atoms with Gasteiger partial charge in [0.1, 0.15) is 5.82 Å².